The van der Waals surface area contributed by atoms with E-state index in [1.807, 2.05) is 6.07 Å². The SMILES string of the molecule is CCp1[c]ccc1. The zero-order valence-corrected chi connectivity index (χ0v) is 5.28. The van der Waals surface area contributed by atoms with Crippen molar-refractivity contribution in [2.75, 3.05) is 0 Å². The van der Waals surface area contributed by atoms with Crippen molar-refractivity contribution in [1.29, 1.82) is 0 Å². The normalized spacial score (nSPS) is 9.29. The maximum Gasteiger partial charge on any atom is 0.00511 e. The van der Waals surface area contributed by atoms with Gasteiger partial charge in [0, 0.05) is 5.80 Å². The van der Waals surface area contributed by atoms with Crippen LogP contribution in [0, 0.1) is 5.80 Å². The van der Waals surface area contributed by atoms with E-state index in [-0.39, 0.29) is 7.53 Å². The third-order valence-corrected chi connectivity index (χ3v) is 2.64. The van der Waals surface area contributed by atoms with Gasteiger partial charge in [-0.2, -0.15) is 0 Å². The predicted molar refractivity (Wildman–Crippen MR) is 33.7 cm³/mol. The molecule has 0 aliphatic rings. The molecule has 1 atom stereocenters. The third-order valence-electron chi connectivity index (χ3n) is 0.943. The summed E-state index contributed by atoms with van der Waals surface area (Å²) in [6.45, 7) is 2.20. The van der Waals surface area contributed by atoms with E-state index in [2.05, 4.69) is 24.6 Å². The van der Waals surface area contributed by atoms with Crippen LogP contribution in [-0.2, 0) is 6.16 Å². The second kappa shape index (κ2) is 2.18. The summed E-state index contributed by atoms with van der Waals surface area (Å²) in [6.07, 6.45) is 1.25. The van der Waals surface area contributed by atoms with Crippen LogP contribution in [-0.4, -0.2) is 0 Å². The average Bonchev–Trinajstić information content (AvgIpc) is 2.14. The Labute approximate surface area is 45.2 Å². The van der Waals surface area contributed by atoms with Crippen LogP contribution >= 0.6 is 7.53 Å². The Kier molecular flexibility index (Phi) is 1.54. The number of hydrogen-bond donors (Lipinski definition) is 0. The summed E-state index contributed by atoms with van der Waals surface area (Å²) in [7, 11) is 0.0710. The van der Waals surface area contributed by atoms with Crippen LogP contribution in [0.2, 0.25) is 0 Å². The topological polar surface area (TPSA) is 0 Å². The fourth-order valence-electron chi connectivity index (χ4n) is 0.525. The zero-order valence-electron chi connectivity index (χ0n) is 4.39. The van der Waals surface area contributed by atoms with Crippen LogP contribution in [0.3, 0.4) is 0 Å². The van der Waals surface area contributed by atoms with Gasteiger partial charge in [0.05, 0.1) is 0 Å². The molecule has 1 aromatic rings. The van der Waals surface area contributed by atoms with Crippen LogP contribution in [0.1, 0.15) is 6.92 Å². The lowest BCUT2D eigenvalue weighted by Crippen LogP contribution is -1.45. The first-order valence-corrected chi connectivity index (χ1v) is 4.06. The van der Waals surface area contributed by atoms with E-state index >= 15 is 0 Å². The maximum atomic E-state index is 3.23. The fraction of sp³-hybridized carbons (Fsp3) is 0.333. The molecule has 0 aromatic carbocycles. The lowest BCUT2D eigenvalue weighted by Gasteiger charge is -1.81. The summed E-state index contributed by atoms with van der Waals surface area (Å²) in [5, 5.41) is 0. The Morgan fingerprint density at radius 2 is 2.57 bits per heavy atom. The Bertz CT molecular complexity index is 119. The second-order valence-corrected chi connectivity index (χ2v) is 3.55. The first kappa shape index (κ1) is 4.93. The fourth-order valence-corrected chi connectivity index (χ4v) is 1.58. The van der Waals surface area contributed by atoms with Crippen molar-refractivity contribution in [1.82, 2.24) is 0 Å². The highest BCUT2D eigenvalue weighted by molar-refractivity contribution is 7.47. The molecule has 1 radical (unpaired) electrons. The minimum Gasteiger partial charge on any atom is -0.117 e. The van der Waals surface area contributed by atoms with Crippen LogP contribution in [0.4, 0.5) is 0 Å². The van der Waals surface area contributed by atoms with Crippen LogP contribution in [0.5, 0.6) is 0 Å². The molecule has 0 aliphatic heterocycles. The summed E-state index contributed by atoms with van der Waals surface area (Å²) < 4.78 is 0. The molecule has 0 fully saturated rings. The monoisotopic (exact) mass is 111 g/mol. The van der Waals surface area contributed by atoms with Crippen LogP contribution in [0.15, 0.2) is 17.9 Å². The highest BCUT2D eigenvalue weighted by atomic mass is 31.1. The van der Waals surface area contributed by atoms with Gasteiger partial charge in [0.1, 0.15) is 0 Å². The van der Waals surface area contributed by atoms with E-state index < -0.39 is 0 Å². The molecule has 0 nitrogen and oxygen atoms in total. The first-order valence-electron chi connectivity index (χ1n) is 2.46. The Balaban J connectivity index is 2.76. The molecular weight excluding hydrogens is 103 g/mol. The molecule has 0 saturated carbocycles. The summed E-state index contributed by atoms with van der Waals surface area (Å²) in [6, 6.07) is 4.09. The Morgan fingerprint density at radius 3 is 2.86 bits per heavy atom. The van der Waals surface area contributed by atoms with E-state index in [1.165, 1.54) is 6.16 Å². The van der Waals surface area contributed by atoms with Gasteiger partial charge in [-0.05, 0) is 18.0 Å². The first-order chi connectivity index (χ1) is 3.43. The molecule has 0 N–H and O–H groups in total. The molecule has 1 heteroatoms. The van der Waals surface area contributed by atoms with E-state index in [9.17, 15) is 0 Å². The van der Waals surface area contributed by atoms with E-state index in [0.717, 1.165) is 0 Å². The molecule has 0 bridgehead atoms. The molecule has 0 amide bonds. The van der Waals surface area contributed by atoms with Crippen molar-refractivity contribution in [3.05, 3.63) is 23.7 Å². The minimum absolute atomic E-state index is 0.0710. The van der Waals surface area contributed by atoms with Gasteiger partial charge in [0.15, 0.2) is 0 Å². The smallest absolute Gasteiger partial charge is 0.00511 e. The van der Waals surface area contributed by atoms with Crippen LogP contribution in [0.25, 0.3) is 0 Å². The minimum atomic E-state index is 0.0710. The molecule has 7 heavy (non-hydrogen) atoms. The van der Waals surface area contributed by atoms with Gasteiger partial charge in [-0.1, -0.05) is 13.0 Å². The highest BCUT2D eigenvalue weighted by Crippen LogP contribution is 2.25. The molecule has 1 rings (SSSR count). The van der Waals surface area contributed by atoms with Gasteiger partial charge in [-0.3, -0.25) is 0 Å². The van der Waals surface area contributed by atoms with Gasteiger partial charge in [0.25, 0.3) is 0 Å². The van der Waals surface area contributed by atoms with Gasteiger partial charge < -0.3 is 0 Å². The van der Waals surface area contributed by atoms with Crippen molar-refractivity contribution >= 4 is 7.53 Å². The van der Waals surface area contributed by atoms with Crippen molar-refractivity contribution in [3.63, 3.8) is 0 Å². The van der Waals surface area contributed by atoms with Crippen LogP contribution < -0.4 is 0 Å². The number of hydrogen-bond acceptors (Lipinski definition) is 0. The summed E-state index contributed by atoms with van der Waals surface area (Å²) in [4.78, 5) is 0. The average molecular weight is 111 g/mol. The lowest BCUT2D eigenvalue weighted by molar-refractivity contribution is 1.38. The molecule has 0 aliphatic carbocycles. The van der Waals surface area contributed by atoms with E-state index in [0.29, 0.717) is 0 Å². The zero-order chi connectivity index (χ0) is 5.11. The quantitative estimate of drug-likeness (QED) is 0.522. The molecule has 0 spiro atoms. The Hall–Kier alpha value is -0.220. The van der Waals surface area contributed by atoms with Crippen molar-refractivity contribution < 1.29 is 0 Å². The summed E-state index contributed by atoms with van der Waals surface area (Å²) >= 11 is 0. The van der Waals surface area contributed by atoms with E-state index in [1.54, 1.807) is 0 Å². The Morgan fingerprint density at radius 1 is 1.71 bits per heavy atom. The molecule has 1 aromatic heterocycles. The number of rotatable bonds is 1. The summed E-state index contributed by atoms with van der Waals surface area (Å²) in [5.41, 5.74) is 0. The summed E-state index contributed by atoms with van der Waals surface area (Å²) in [5.74, 6) is 5.47. The number of aryl methyl sites for hydroxylation is 1. The maximum absolute atomic E-state index is 3.23. The third kappa shape index (κ3) is 1.07. The molecule has 1 unspecified atom stereocenters. The highest BCUT2D eigenvalue weighted by Gasteiger charge is 1.80. The van der Waals surface area contributed by atoms with Gasteiger partial charge in [-0.15, -0.1) is 7.53 Å². The van der Waals surface area contributed by atoms with Crippen molar-refractivity contribution in [2.24, 2.45) is 0 Å². The lowest BCUT2D eigenvalue weighted by atomic mass is 10.7. The molecule has 0 saturated heterocycles. The van der Waals surface area contributed by atoms with Gasteiger partial charge >= 0.3 is 0 Å². The largest absolute Gasteiger partial charge is 0.117 e. The van der Waals surface area contributed by atoms with E-state index in [4.69, 9.17) is 0 Å². The molecule has 37 valence electrons. The predicted octanol–water partition coefficient (Wildman–Crippen LogP) is 2.49. The van der Waals surface area contributed by atoms with Gasteiger partial charge in [0.2, 0.25) is 0 Å². The standard InChI is InChI=1S/C6H8P/c1-2-7-5-3-4-6-7/h3-5H,2H2,1H3. The van der Waals surface area contributed by atoms with Crippen molar-refractivity contribution in [2.45, 2.75) is 13.1 Å². The second-order valence-electron chi connectivity index (χ2n) is 1.42. The van der Waals surface area contributed by atoms with Gasteiger partial charge in [-0.25, -0.2) is 0 Å². The molecule has 1 heterocycles. The molecular formula is C6H8P. The van der Waals surface area contributed by atoms with Crippen molar-refractivity contribution in [3.8, 4) is 0 Å².